The molecule has 0 bridgehead atoms. The number of aromatic amines is 1. The van der Waals surface area contributed by atoms with Crippen LogP contribution >= 0.6 is 11.3 Å². The van der Waals surface area contributed by atoms with Crippen LogP contribution in [-0.2, 0) is 6.54 Å². The van der Waals surface area contributed by atoms with E-state index >= 15 is 0 Å². The Labute approximate surface area is 165 Å². The van der Waals surface area contributed by atoms with Gasteiger partial charge in [-0.1, -0.05) is 6.07 Å². The minimum absolute atomic E-state index is 0.107. The van der Waals surface area contributed by atoms with E-state index < -0.39 is 18.6 Å². The second kappa shape index (κ2) is 7.47. The van der Waals surface area contributed by atoms with Crippen molar-refractivity contribution in [3.63, 3.8) is 0 Å². The molecule has 2 N–H and O–H groups in total. The van der Waals surface area contributed by atoms with Gasteiger partial charge >= 0.3 is 6.18 Å². The molecule has 0 aliphatic heterocycles. The fourth-order valence-electron chi connectivity index (χ4n) is 2.53. The Hall–Kier alpha value is -3.54. The number of thiazole rings is 1. The van der Waals surface area contributed by atoms with Crippen molar-refractivity contribution in [2.45, 2.75) is 12.7 Å². The Morgan fingerprint density at radius 3 is 2.86 bits per heavy atom. The maximum Gasteiger partial charge on any atom is 0.408 e. The van der Waals surface area contributed by atoms with Crippen LogP contribution in [0.4, 0.5) is 18.9 Å². The normalized spacial score (nSPS) is 11.6. The number of alkyl halides is 3. The minimum Gasteiger partial charge on any atom is -0.317 e. The number of rotatable bonds is 5. The number of anilines is 1. The molecule has 4 aromatic rings. The van der Waals surface area contributed by atoms with Gasteiger partial charge in [-0.2, -0.15) is 23.4 Å². The van der Waals surface area contributed by atoms with E-state index in [9.17, 15) is 18.0 Å². The molecule has 0 saturated carbocycles. The average molecular weight is 419 g/mol. The molecule has 0 unspecified atom stereocenters. The maximum absolute atomic E-state index is 12.8. The molecular weight excluding hydrogens is 407 g/mol. The molecule has 0 aliphatic carbocycles. The van der Waals surface area contributed by atoms with Crippen LogP contribution < -0.4 is 5.32 Å². The van der Waals surface area contributed by atoms with Gasteiger partial charge in [-0.3, -0.25) is 19.6 Å². The fourth-order valence-corrected chi connectivity index (χ4v) is 3.32. The number of nitrogens with zero attached hydrogens (tertiary/aromatic N) is 5. The maximum atomic E-state index is 12.8. The van der Waals surface area contributed by atoms with Gasteiger partial charge in [0, 0.05) is 29.5 Å². The van der Waals surface area contributed by atoms with Gasteiger partial charge in [-0.05, 0) is 12.1 Å². The first-order valence-electron chi connectivity index (χ1n) is 8.21. The van der Waals surface area contributed by atoms with Crippen molar-refractivity contribution in [1.82, 2.24) is 29.9 Å². The van der Waals surface area contributed by atoms with E-state index in [-0.39, 0.29) is 17.1 Å². The van der Waals surface area contributed by atoms with Gasteiger partial charge in [0.25, 0.3) is 5.91 Å². The van der Waals surface area contributed by atoms with Crippen LogP contribution in [-0.4, -0.2) is 42.0 Å². The van der Waals surface area contributed by atoms with Crippen molar-refractivity contribution >= 4 is 22.9 Å². The monoisotopic (exact) mass is 419 g/mol. The molecule has 29 heavy (non-hydrogen) atoms. The highest BCUT2D eigenvalue weighted by molar-refractivity contribution is 7.13. The summed E-state index contributed by atoms with van der Waals surface area (Å²) in [5, 5.41) is 15.2. The van der Waals surface area contributed by atoms with E-state index in [2.05, 4.69) is 30.6 Å². The van der Waals surface area contributed by atoms with Gasteiger partial charge in [0.1, 0.15) is 22.9 Å². The number of H-pyrrole nitrogens is 1. The lowest BCUT2D eigenvalue weighted by atomic mass is 10.2. The van der Waals surface area contributed by atoms with Gasteiger partial charge in [-0.25, -0.2) is 4.98 Å². The Balaban J connectivity index is 1.62. The highest BCUT2D eigenvalue weighted by Gasteiger charge is 2.29. The summed E-state index contributed by atoms with van der Waals surface area (Å²) in [6, 6.07) is 4.94. The number of hydrogen-bond acceptors (Lipinski definition) is 6. The third kappa shape index (κ3) is 4.32. The summed E-state index contributed by atoms with van der Waals surface area (Å²) in [6.45, 7) is -1.29. The highest BCUT2D eigenvalue weighted by Crippen LogP contribution is 2.28. The van der Waals surface area contributed by atoms with Crippen LogP contribution in [0.1, 0.15) is 10.5 Å². The summed E-state index contributed by atoms with van der Waals surface area (Å²) in [4.78, 5) is 21.0. The molecule has 0 aliphatic rings. The van der Waals surface area contributed by atoms with E-state index in [1.807, 2.05) is 0 Å². The number of carbonyl (C=O) groups excluding carboxylic acids is 1. The molecule has 1 amide bonds. The number of amides is 1. The molecule has 0 radical (unpaired) electrons. The lowest BCUT2D eigenvalue weighted by Crippen LogP contribution is -2.18. The summed E-state index contributed by atoms with van der Waals surface area (Å²) < 4.78 is 39.0. The first kappa shape index (κ1) is 18.8. The van der Waals surface area contributed by atoms with Gasteiger partial charge < -0.3 is 5.32 Å². The van der Waals surface area contributed by atoms with Crippen LogP contribution in [0.25, 0.3) is 22.0 Å². The van der Waals surface area contributed by atoms with E-state index in [1.54, 1.807) is 36.0 Å². The third-order valence-electron chi connectivity index (χ3n) is 3.74. The number of halogens is 3. The smallest absolute Gasteiger partial charge is 0.317 e. The van der Waals surface area contributed by atoms with E-state index in [0.29, 0.717) is 10.7 Å². The number of carbonyl (C=O) groups is 1. The van der Waals surface area contributed by atoms with Crippen LogP contribution in [0.5, 0.6) is 0 Å². The first-order valence-corrected chi connectivity index (χ1v) is 9.09. The molecule has 0 spiro atoms. The Kier molecular flexibility index (Phi) is 4.84. The molecule has 0 aromatic carbocycles. The van der Waals surface area contributed by atoms with Crippen LogP contribution in [0.2, 0.25) is 0 Å². The zero-order valence-corrected chi connectivity index (χ0v) is 15.3. The number of pyridine rings is 1. The Morgan fingerprint density at radius 1 is 1.31 bits per heavy atom. The summed E-state index contributed by atoms with van der Waals surface area (Å²) in [5.41, 5.74) is 1.42. The predicted octanol–water partition coefficient (Wildman–Crippen LogP) is 3.61. The first-order chi connectivity index (χ1) is 13.9. The predicted molar refractivity (Wildman–Crippen MR) is 99.2 cm³/mol. The second-order valence-corrected chi connectivity index (χ2v) is 6.76. The van der Waals surface area contributed by atoms with Crippen molar-refractivity contribution in [2.24, 2.45) is 0 Å². The highest BCUT2D eigenvalue weighted by atomic mass is 32.1. The quantitative estimate of drug-likeness (QED) is 0.515. The van der Waals surface area contributed by atoms with Crippen LogP contribution in [0, 0.1) is 0 Å². The molecule has 4 aromatic heterocycles. The van der Waals surface area contributed by atoms with Gasteiger partial charge in [0.15, 0.2) is 0 Å². The standard InChI is InChI=1S/C17H12F3N7OS/c18-17(19,20)9-27-7-12(14(26-27)11-3-1-2-4-21-11)24-15(28)13-8-29-16(25-13)10-5-22-23-6-10/h1-8H,9H2,(H,22,23)(H,24,28). The molecule has 8 nitrogen and oxygen atoms in total. The molecule has 4 heterocycles. The Bertz CT molecular complexity index is 1120. The van der Waals surface area contributed by atoms with Crippen molar-refractivity contribution in [2.75, 3.05) is 5.32 Å². The topological polar surface area (TPSA) is 101 Å². The summed E-state index contributed by atoms with van der Waals surface area (Å²) in [7, 11) is 0. The Morgan fingerprint density at radius 2 is 2.17 bits per heavy atom. The van der Waals surface area contributed by atoms with E-state index in [0.717, 1.165) is 16.4 Å². The lowest BCUT2D eigenvalue weighted by Gasteiger charge is -2.05. The number of hydrogen-bond donors (Lipinski definition) is 2. The van der Waals surface area contributed by atoms with Gasteiger partial charge in [0.2, 0.25) is 0 Å². The van der Waals surface area contributed by atoms with Crippen molar-refractivity contribution in [3.8, 4) is 22.0 Å². The summed E-state index contributed by atoms with van der Waals surface area (Å²) in [6.07, 6.45) is 1.37. The molecule has 12 heteroatoms. The molecule has 0 atom stereocenters. The molecule has 4 rings (SSSR count). The van der Waals surface area contributed by atoms with Gasteiger partial charge in [0.05, 0.1) is 17.6 Å². The van der Waals surface area contributed by atoms with Crippen LogP contribution in [0.15, 0.2) is 48.4 Å². The fraction of sp³-hybridized carbons (Fsp3) is 0.118. The SMILES string of the molecule is O=C(Nc1cn(CC(F)(F)F)nc1-c1ccccn1)c1csc(-c2cn[nH]c2)n1. The van der Waals surface area contributed by atoms with Gasteiger partial charge in [-0.15, -0.1) is 11.3 Å². The summed E-state index contributed by atoms with van der Waals surface area (Å²) in [5.74, 6) is -0.570. The second-order valence-electron chi connectivity index (χ2n) is 5.90. The van der Waals surface area contributed by atoms with E-state index in [1.165, 1.54) is 17.5 Å². The number of aromatic nitrogens is 6. The molecule has 0 saturated heterocycles. The average Bonchev–Trinajstić information content (AvgIpc) is 3.41. The minimum atomic E-state index is -4.46. The van der Waals surface area contributed by atoms with E-state index in [4.69, 9.17) is 0 Å². The molecular formula is C17H12F3N7OS. The van der Waals surface area contributed by atoms with Crippen molar-refractivity contribution in [1.29, 1.82) is 0 Å². The van der Waals surface area contributed by atoms with Crippen molar-refractivity contribution in [3.05, 3.63) is 54.1 Å². The lowest BCUT2D eigenvalue weighted by molar-refractivity contribution is -0.142. The zero-order valence-electron chi connectivity index (χ0n) is 14.5. The summed E-state index contributed by atoms with van der Waals surface area (Å²) >= 11 is 1.25. The van der Waals surface area contributed by atoms with Crippen LogP contribution in [0.3, 0.4) is 0 Å². The molecule has 148 valence electrons. The molecule has 0 fully saturated rings. The number of nitrogens with one attached hydrogen (secondary N) is 2. The largest absolute Gasteiger partial charge is 0.408 e. The van der Waals surface area contributed by atoms with Crippen molar-refractivity contribution < 1.29 is 18.0 Å². The third-order valence-corrected chi connectivity index (χ3v) is 4.63. The zero-order chi connectivity index (χ0) is 20.4.